The highest BCUT2D eigenvalue weighted by Crippen LogP contribution is 2.26. The van der Waals surface area contributed by atoms with E-state index in [2.05, 4.69) is 35.8 Å². The predicted octanol–water partition coefficient (Wildman–Crippen LogP) is 2.02. The van der Waals surface area contributed by atoms with Gasteiger partial charge in [0, 0.05) is 18.6 Å². The number of aryl methyl sites for hydroxylation is 1. The van der Waals surface area contributed by atoms with E-state index in [-0.39, 0.29) is 0 Å². The average molecular weight is 222 g/mol. The van der Waals surface area contributed by atoms with E-state index < -0.39 is 0 Å². The molecule has 1 aromatic rings. The summed E-state index contributed by atoms with van der Waals surface area (Å²) in [6.45, 7) is 11.1. The Morgan fingerprint density at radius 3 is 2.31 bits per heavy atom. The van der Waals surface area contributed by atoms with Gasteiger partial charge in [0.15, 0.2) is 0 Å². The van der Waals surface area contributed by atoms with Crippen LogP contribution in [0.2, 0.25) is 0 Å². The third-order valence-corrected chi connectivity index (χ3v) is 3.41. The van der Waals surface area contributed by atoms with Gasteiger partial charge in [0.05, 0.1) is 6.04 Å². The molecule has 0 spiro atoms. The summed E-state index contributed by atoms with van der Waals surface area (Å²) in [4.78, 5) is 6.75. The SMILES string of the molecule is Cc1ncn(C2CCN(C(C)(C)C)CC2)n1. The highest BCUT2D eigenvalue weighted by atomic mass is 15.4. The summed E-state index contributed by atoms with van der Waals surface area (Å²) in [6, 6.07) is 0.541. The summed E-state index contributed by atoms with van der Waals surface area (Å²) in [5.74, 6) is 0.873. The Kier molecular flexibility index (Phi) is 3.02. The lowest BCUT2D eigenvalue weighted by atomic mass is 9.98. The molecular weight excluding hydrogens is 200 g/mol. The molecule has 0 atom stereocenters. The molecule has 1 fully saturated rings. The number of hydrogen-bond acceptors (Lipinski definition) is 3. The summed E-state index contributed by atoms with van der Waals surface area (Å²) in [6.07, 6.45) is 4.23. The van der Waals surface area contributed by atoms with Gasteiger partial charge >= 0.3 is 0 Å². The molecular formula is C12H22N4. The fraction of sp³-hybridized carbons (Fsp3) is 0.833. The first-order valence-electron chi connectivity index (χ1n) is 6.09. The Labute approximate surface area is 97.7 Å². The van der Waals surface area contributed by atoms with Crippen LogP contribution in [0, 0.1) is 6.92 Å². The molecule has 90 valence electrons. The second-order valence-corrected chi connectivity index (χ2v) is 5.66. The standard InChI is InChI=1S/C12H22N4/c1-10-13-9-16(14-10)11-5-7-15(8-6-11)12(2,3)4/h9,11H,5-8H2,1-4H3. The van der Waals surface area contributed by atoms with Crippen LogP contribution in [0.5, 0.6) is 0 Å². The number of hydrogen-bond donors (Lipinski definition) is 0. The van der Waals surface area contributed by atoms with Crippen molar-refractivity contribution >= 4 is 0 Å². The lowest BCUT2D eigenvalue weighted by Crippen LogP contribution is -2.46. The fourth-order valence-corrected chi connectivity index (χ4v) is 2.34. The van der Waals surface area contributed by atoms with Gasteiger partial charge in [-0.2, -0.15) is 5.10 Å². The first-order valence-corrected chi connectivity index (χ1v) is 6.09. The Morgan fingerprint density at radius 2 is 1.88 bits per heavy atom. The van der Waals surface area contributed by atoms with E-state index in [4.69, 9.17) is 0 Å². The number of piperidine rings is 1. The van der Waals surface area contributed by atoms with Gasteiger partial charge in [0.2, 0.25) is 0 Å². The van der Waals surface area contributed by atoms with Crippen molar-refractivity contribution in [1.82, 2.24) is 19.7 Å². The largest absolute Gasteiger partial charge is 0.298 e. The second kappa shape index (κ2) is 4.17. The van der Waals surface area contributed by atoms with Crippen molar-refractivity contribution in [3.63, 3.8) is 0 Å². The van der Waals surface area contributed by atoms with Crippen LogP contribution in [0.3, 0.4) is 0 Å². The minimum absolute atomic E-state index is 0.295. The molecule has 0 aliphatic carbocycles. The van der Waals surface area contributed by atoms with Gasteiger partial charge < -0.3 is 0 Å². The zero-order chi connectivity index (χ0) is 11.8. The molecule has 0 N–H and O–H groups in total. The fourth-order valence-electron chi connectivity index (χ4n) is 2.34. The molecule has 16 heavy (non-hydrogen) atoms. The van der Waals surface area contributed by atoms with Crippen LogP contribution in [0.15, 0.2) is 6.33 Å². The summed E-state index contributed by atoms with van der Waals surface area (Å²) in [5.41, 5.74) is 0.295. The van der Waals surface area contributed by atoms with Gasteiger partial charge in [-0.05, 0) is 40.5 Å². The molecule has 2 rings (SSSR count). The van der Waals surface area contributed by atoms with E-state index in [1.807, 2.05) is 17.9 Å². The van der Waals surface area contributed by atoms with Crippen LogP contribution >= 0.6 is 0 Å². The smallest absolute Gasteiger partial charge is 0.147 e. The normalized spacial score (nSPS) is 20.2. The van der Waals surface area contributed by atoms with Gasteiger partial charge in [-0.3, -0.25) is 4.90 Å². The summed E-state index contributed by atoms with van der Waals surface area (Å²) in [7, 11) is 0. The van der Waals surface area contributed by atoms with Crippen LogP contribution in [0.25, 0.3) is 0 Å². The molecule has 0 amide bonds. The molecule has 1 aromatic heterocycles. The summed E-state index contributed by atoms with van der Waals surface area (Å²) >= 11 is 0. The molecule has 2 heterocycles. The average Bonchev–Trinajstić information content (AvgIpc) is 2.64. The maximum Gasteiger partial charge on any atom is 0.147 e. The van der Waals surface area contributed by atoms with Gasteiger partial charge in [0.25, 0.3) is 0 Å². The van der Waals surface area contributed by atoms with E-state index in [1.54, 1.807) is 0 Å². The van der Waals surface area contributed by atoms with Gasteiger partial charge in [-0.1, -0.05) is 0 Å². The quantitative estimate of drug-likeness (QED) is 0.729. The van der Waals surface area contributed by atoms with Crippen LogP contribution < -0.4 is 0 Å². The van der Waals surface area contributed by atoms with Gasteiger partial charge in [-0.25, -0.2) is 9.67 Å². The van der Waals surface area contributed by atoms with Crippen LogP contribution in [0.1, 0.15) is 45.5 Å². The Hall–Kier alpha value is -0.900. The highest BCUT2D eigenvalue weighted by Gasteiger charge is 2.27. The van der Waals surface area contributed by atoms with Crippen LogP contribution in [-0.2, 0) is 0 Å². The number of aromatic nitrogens is 3. The van der Waals surface area contributed by atoms with E-state index in [1.165, 1.54) is 12.8 Å². The van der Waals surface area contributed by atoms with Gasteiger partial charge in [-0.15, -0.1) is 0 Å². The Bertz CT molecular complexity index is 342. The zero-order valence-electron chi connectivity index (χ0n) is 10.8. The molecule has 0 aromatic carbocycles. The van der Waals surface area contributed by atoms with Crippen molar-refractivity contribution in [1.29, 1.82) is 0 Å². The van der Waals surface area contributed by atoms with E-state index in [0.717, 1.165) is 18.9 Å². The highest BCUT2D eigenvalue weighted by molar-refractivity contribution is 4.85. The summed E-state index contributed by atoms with van der Waals surface area (Å²) < 4.78 is 2.04. The maximum absolute atomic E-state index is 4.41. The van der Waals surface area contributed by atoms with Crippen molar-refractivity contribution in [2.24, 2.45) is 0 Å². The molecule has 0 bridgehead atoms. The first-order chi connectivity index (χ1) is 7.47. The minimum atomic E-state index is 0.295. The monoisotopic (exact) mass is 222 g/mol. The van der Waals surface area contributed by atoms with Crippen LogP contribution in [0.4, 0.5) is 0 Å². The van der Waals surface area contributed by atoms with Crippen molar-refractivity contribution in [2.45, 2.75) is 52.1 Å². The van der Waals surface area contributed by atoms with Crippen molar-refractivity contribution in [2.75, 3.05) is 13.1 Å². The topological polar surface area (TPSA) is 34.0 Å². The van der Waals surface area contributed by atoms with E-state index in [0.29, 0.717) is 11.6 Å². The molecule has 0 radical (unpaired) electrons. The van der Waals surface area contributed by atoms with Crippen LogP contribution in [-0.4, -0.2) is 38.3 Å². The predicted molar refractivity (Wildman–Crippen MR) is 64.4 cm³/mol. The number of nitrogens with zero attached hydrogens (tertiary/aromatic N) is 4. The van der Waals surface area contributed by atoms with E-state index in [9.17, 15) is 0 Å². The third kappa shape index (κ3) is 2.43. The van der Waals surface area contributed by atoms with Crippen molar-refractivity contribution in [3.8, 4) is 0 Å². The second-order valence-electron chi connectivity index (χ2n) is 5.66. The first kappa shape index (κ1) is 11.6. The Morgan fingerprint density at radius 1 is 1.25 bits per heavy atom. The molecule has 0 saturated carbocycles. The zero-order valence-corrected chi connectivity index (χ0v) is 10.8. The number of likely N-dealkylation sites (tertiary alicyclic amines) is 1. The maximum atomic E-state index is 4.41. The molecule has 1 aliphatic rings. The van der Waals surface area contributed by atoms with Crippen molar-refractivity contribution in [3.05, 3.63) is 12.2 Å². The Balaban J connectivity index is 1.95. The molecule has 1 saturated heterocycles. The molecule has 4 nitrogen and oxygen atoms in total. The summed E-state index contributed by atoms with van der Waals surface area (Å²) in [5, 5.41) is 4.41. The lowest BCUT2D eigenvalue weighted by Gasteiger charge is -2.40. The molecule has 0 unspecified atom stereocenters. The third-order valence-electron chi connectivity index (χ3n) is 3.41. The minimum Gasteiger partial charge on any atom is -0.298 e. The van der Waals surface area contributed by atoms with E-state index >= 15 is 0 Å². The van der Waals surface area contributed by atoms with Gasteiger partial charge in [0.1, 0.15) is 12.2 Å². The van der Waals surface area contributed by atoms with Crippen molar-refractivity contribution < 1.29 is 0 Å². The molecule has 1 aliphatic heterocycles. The number of rotatable bonds is 1. The molecule has 4 heteroatoms. The lowest BCUT2D eigenvalue weighted by molar-refractivity contribution is 0.0869.